The number of hydrogen-bond donors (Lipinski definition) is 1. The molecule has 0 spiro atoms. The summed E-state index contributed by atoms with van der Waals surface area (Å²) in [5.74, 6) is -1.09. The summed E-state index contributed by atoms with van der Waals surface area (Å²) in [6, 6.07) is 16.1. The molecule has 1 aromatic heterocycles. The van der Waals surface area contributed by atoms with E-state index in [4.69, 9.17) is 19.7 Å². The number of nitrogens with zero attached hydrogens (tertiary/aromatic N) is 3. The number of esters is 1. The first-order chi connectivity index (χ1) is 18.6. The van der Waals surface area contributed by atoms with Gasteiger partial charge in [0.15, 0.2) is 5.76 Å². The van der Waals surface area contributed by atoms with Gasteiger partial charge in [-0.1, -0.05) is 54.5 Å². The van der Waals surface area contributed by atoms with E-state index in [-0.39, 0.29) is 30.8 Å². The minimum Gasteiger partial charge on any atom is -0.459 e. The Bertz CT molecular complexity index is 1360. The number of aliphatic imine (C=N–C) groups is 1. The van der Waals surface area contributed by atoms with Crippen molar-refractivity contribution in [3.63, 3.8) is 0 Å². The van der Waals surface area contributed by atoms with E-state index in [1.807, 2.05) is 43.3 Å². The van der Waals surface area contributed by atoms with E-state index in [1.54, 1.807) is 53.7 Å². The van der Waals surface area contributed by atoms with Gasteiger partial charge in [0.2, 0.25) is 5.96 Å². The predicted octanol–water partition coefficient (Wildman–Crippen LogP) is 6.03. The van der Waals surface area contributed by atoms with Crippen LogP contribution in [0.5, 0.6) is 0 Å². The van der Waals surface area contributed by atoms with E-state index in [9.17, 15) is 14.0 Å². The van der Waals surface area contributed by atoms with Gasteiger partial charge in [-0.2, -0.15) is 0 Å². The van der Waals surface area contributed by atoms with Crippen LogP contribution in [0.3, 0.4) is 0 Å². The third kappa shape index (κ3) is 8.93. The molecule has 0 bridgehead atoms. The molecule has 0 aliphatic heterocycles. The molecule has 214 valence electrons. The summed E-state index contributed by atoms with van der Waals surface area (Å²) in [4.78, 5) is 29.9. The molecule has 0 fully saturated rings. The molecule has 0 aliphatic rings. The molecule has 3 aromatic rings. The average molecular weight is 553 g/mol. The van der Waals surface area contributed by atoms with Crippen LogP contribution in [0.4, 0.5) is 9.18 Å². The summed E-state index contributed by atoms with van der Waals surface area (Å²) < 4.78 is 31.1. The van der Waals surface area contributed by atoms with E-state index in [1.165, 1.54) is 11.0 Å². The average Bonchev–Trinajstić information content (AvgIpc) is 3.29. The summed E-state index contributed by atoms with van der Waals surface area (Å²) in [6.45, 7) is 11.9. The van der Waals surface area contributed by atoms with Gasteiger partial charge in [0, 0.05) is 17.5 Å². The molecule has 0 saturated heterocycles. The Kier molecular flexibility index (Phi) is 9.34. The van der Waals surface area contributed by atoms with Gasteiger partial charge in [-0.15, -0.1) is 4.99 Å². The van der Waals surface area contributed by atoms with E-state index in [0.29, 0.717) is 22.6 Å². The van der Waals surface area contributed by atoms with E-state index < -0.39 is 23.3 Å². The molecule has 2 aromatic carbocycles. The van der Waals surface area contributed by atoms with Crippen molar-refractivity contribution in [3.8, 4) is 11.1 Å². The minimum atomic E-state index is -0.896. The molecule has 3 rings (SSSR count). The zero-order valence-electron chi connectivity index (χ0n) is 24.0. The first-order valence-electron chi connectivity index (χ1n) is 13.0. The first kappa shape index (κ1) is 30.3. The van der Waals surface area contributed by atoms with Crippen LogP contribution in [-0.4, -0.2) is 45.8 Å². The molecule has 1 amide bonds. The van der Waals surface area contributed by atoms with E-state index in [0.717, 1.165) is 5.56 Å². The third-order valence-corrected chi connectivity index (χ3v) is 5.61. The minimum absolute atomic E-state index is 0.0294. The van der Waals surface area contributed by atoms with Crippen molar-refractivity contribution in [1.82, 2.24) is 10.1 Å². The number of ether oxygens (including phenoxy) is 2. The molecule has 1 atom stereocenters. The van der Waals surface area contributed by atoms with Crippen LogP contribution in [0.2, 0.25) is 0 Å². The summed E-state index contributed by atoms with van der Waals surface area (Å²) in [5, 5.41) is 4.15. The second-order valence-corrected chi connectivity index (χ2v) is 11.4. The monoisotopic (exact) mass is 552 g/mol. The SMILES string of the molecule is CC(c1ccc(-c2ccccc2)c(F)c1)c1cc(CN(CC(=O)OC(C)(C)C)C(N)=NC(=O)OC(C)(C)C)on1. The summed E-state index contributed by atoms with van der Waals surface area (Å²) in [7, 11) is 0. The fourth-order valence-corrected chi connectivity index (χ4v) is 3.82. The first-order valence-corrected chi connectivity index (χ1v) is 13.0. The van der Waals surface area contributed by atoms with E-state index >= 15 is 0 Å². The highest BCUT2D eigenvalue weighted by atomic mass is 19.1. The Balaban J connectivity index is 1.80. The highest BCUT2D eigenvalue weighted by Crippen LogP contribution is 2.29. The number of carbonyl (C=O) groups excluding carboxylic acids is 2. The van der Waals surface area contributed by atoms with Crippen molar-refractivity contribution < 1.29 is 28.0 Å². The fraction of sp³-hybridized carbons (Fsp3) is 0.400. The van der Waals surface area contributed by atoms with Crippen LogP contribution in [0.15, 0.2) is 64.1 Å². The number of guanidine groups is 1. The third-order valence-electron chi connectivity index (χ3n) is 5.61. The zero-order valence-corrected chi connectivity index (χ0v) is 24.0. The zero-order chi connectivity index (χ0) is 29.7. The quantitative estimate of drug-likeness (QED) is 0.214. The summed E-state index contributed by atoms with van der Waals surface area (Å²) in [6.07, 6.45) is -0.896. The smallest absolute Gasteiger partial charge is 0.437 e. The molecule has 0 aliphatic carbocycles. The molecule has 40 heavy (non-hydrogen) atoms. The van der Waals surface area contributed by atoms with Crippen molar-refractivity contribution in [1.29, 1.82) is 0 Å². The number of nitrogens with two attached hydrogens (primary N) is 1. The maximum atomic E-state index is 15.0. The highest BCUT2D eigenvalue weighted by molar-refractivity contribution is 5.91. The van der Waals surface area contributed by atoms with Crippen molar-refractivity contribution in [2.75, 3.05) is 6.54 Å². The lowest BCUT2D eigenvalue weighted by atomic mass is 9.94. The molecule has 1 unspecified atom stereocenters. The maximum absolute atomic E-state index is 15.0. The molecule has 0 saturated carbocycles. The second-order valence-electron chi connectivity index (χ2n) is 11.4. The molecule has 0 radical (unpaired) electrons. The van der Waals surface area contributed by atoms with Crippen molar-refractivity contribution in [3.05, 3.63) is 77.4 Å². The topological polar surface area (TPSA) is 120 Å². The number of benzene rings is 2. The number of carbonyl (C=O) groups is 2. The molecular weight excluding hydrogens is 515 g/mol. The number of rotatable bonds is 7. The number of hydrogen-bond acceptors (Lipinski definition) is 6. The predicted molar refractivity (Wildman–Crippen MR) is 150 cm³/mol. The molecule has 1 heterocycles. The van der Waals surface area contributed by atoms with E-state index in [2.05, 4.69) is 10.1 Å². The lowest BCUT2D eigenvalue weighted by Gasteiger charge is -2.25. The number of halogens is 1. The van der Waals surface area contributed by atoms with Gasteiger partial charge in [-0.3, -0.25) is 4.79 Å². The summed E-state index contributed by atoms with van der Waals surface area (Å²) >= 11 is 0. The van der Waals surface area contributed by atoms with Crippen molar-refractivity contribution >= 4 is 18.0 Å². The normalized spacial score (nSPS) is 13.1. The largest absolute Gasteiger partial charge is 0.459 e. The van der Waals surface area contributed by atoms with Gasteiger partial charge in [0.25, 0.3) is 0 Å². The van der Waals surface area contributed by atoms with Crippen LogP contribution in [0.1, 0.15) is 71.4 Å². The molecule has 2 N–H and O–H groups in total. The van der Waals surface area contributed by atoms with Crippen LogP contribution < -0.4 is 5.73 Å². The van der Waals surface area contributed by atoms with Gasteiger partial charge >= 0.3 is 12.1 Å². The lowest BCUT2D eigenvalue weighted by molar-refractivity contribution is -0.155. The standard InChI is InChI=1S/C30H37FN4O5/c1-19(21-13-14-23(24(31)15-21)20-11-9-8-10-12-20)25-16-22(40-34-25)17-35(18-26(36)38-29(2,3)4)27(32)33-28(37)39-30(5,6)7/h8-16,19H,17-18H2,1-7H3,(H2,32,33,37). The Morgan fingerprint density at radius 1 is 1.02 bits per heavy atom. The fourth-order valence-electron chi connectivity index (χ4n) is 3.82. The van der Waals surface area contributed by atoms with Crippen LogP contribution in [0.25, 0.3) is 11.1 Å². The Labute approximate surface area is 234 Å². The van der Waals surface area contributed by atoms with Crippen molar-refractivity contribution in [2.45, 2.75) is 72.1 Å². The molecule has 9 nitrogen and oxygen atoms in total. The van der Waals surface area contributed by atoms with Gasteiger partial charge in [0.05, 0.1) is 12.2 Å². The van der Waals surface area contributed by atoms with Gasteiger partial charge in [-0.05, 0) is 58.7 Å². The number of aromatic nitrogens is 1. The number of amides is 1. The van der Waals surface area contributed by atoms with Crippen LogP contribution >= 0.6 is 0 Å². The molecular formula is C30H37FN4O5. The Morgan fingerprint density at radius 3 is 2.27 bits per heavy atom. The van der Waals surface area contributed by atoms with Crippen LogP contribution in [-0.2, 0) is 20.8 Å². The second kappa shape index (κ2) is 12.3. The van der Waals surface area contributed by atoms with Gasteiger partial charge in [-0.25, -0.2) is 9.18 Å². The summed E-state index contributed by atoms with van der Waals surface area (Å²) in [5.41, 5.74) is 7.18. The highest BCUT2D eigenvalue weighted by Gasteiger charge is 2.24. The van der Waals surface area contributed by atoms with Gasteiger partial charge < -0.3 is 24.6 Å². The van der Waals surface area contributed by atoms with Crippen LogP contribution in [0, 0.1) is 5.82 Å². The molecule has 10 heteroatoms. The van der Waals surface area contributed by atoms with Gasteiger partial charge in [0.1, 0.15) is 23.6 Å². The maximum Gasteiger partial charge on any atom is 0.437 e. The van der Waals surface area contributed by atoms with Crippen molar-refractivity contribution in [2.24, 2.45) is 10.7 Å². The lowest BCUT2D eigenvalue weighted by Crippen LogP contribution is -2.42. The Hall–Kier alpha value is -4.21. The Morgan fingerprint density at radius 2 is 1.68 bits per heavy atom.